The summed E-state index contributed by atoms with van der Waals surface area (Å²) in [4.78, 5) is 0. The SMILES string of the molecule is Nc1c2c(nn1C1CCC1)CSC2. The molecule has 1 fully saturated rings. The van der Waals surface area contributed by atoms with Gasteiger partial charge in [-0.1, -0.05) is 0 Å². The Morgan fingerprint density at radius 2 is 2.23 bits per heavy atom. The lowest BCUT2D eigenvalue weighted by atomic mass is 9.93. The van der Waals surface area contributed by atoms with Crippen molar-refractivity contribution in [1.82, 2.24) is 9.78 Å². The lowest BCUT2D eigenvalue weighted by Crippen LogP contribution is -2.20. The van der Waals surface area contributed by atoms with Gasteiger partial charge in [0.05, 0.1) is 11.7 Å². The van der Waals surface area contributed by atoms with E-state index in [1.165, 1.54) is 30.5 Å². The van der Waals surface area contributed by atoms with Gasteiger partial charge in [-0.05, 0) is 19.3 Å². The average Bonchev–Trinajstić information content (AvgIpc) is 2.54. The van der Waals surface area contributed by atoms with E-state index in [4.69, 9.17) is 5.73 Å². The minimum atomic E-state index is 0.607. The van der Waals surface area contributed by atoms with Gasteiger partial charge in [0.15, 0.2) is 0 Å². The van der Waals surface area contributed by atoms with Gasteiger partial charge in [0.1, 0.15) is 5.82 Å². The molecule has 2 heterocycles. The Morgan fingerprint density at radius 3 is 2.85 bits per heavy atom. The molecule has 1 saturated carbocycles. The summed E-state index contributed by atoms with van der Waals surface area (Å²) in [5.41, 5.74) is 8.59. The molecule has 0 atom stereocenters. The largest absolute Gasteiger partial charge is 0.384 e. The van der Waals surface area contributed by atoms with Crippen LogP contribution < -0.4 is 5.73 Å². The predicted molar refractivity (Wildman–Crippen MR) is 54.5 cm³/mol. The Bertz CT molecular complexity index is 341. The van der Waals surface area contributed by atoms with Gasteiger partial charge in [-0.3, -0.25) is 0 Å². The van der Waals surface area contributed by atoms with E-state index in [9.17, 15) is 0 Å². The summed E-state index contributed by atoms with van der Waals surface area (Å²) in [6.45, 7) is 0. The molecule has 1 aromatic heterocycles. The van der Waals surface area contributed by atoms with Crippen LogP contribution in [-0.2, 0) is 11.5 Å². The van der Waals surface area contributed by atoms with Crippen molar-refractivity contribution < 1.29 is 0 Å². The molecular formula is C9H13N3S. The third kappa shape index (κ3) is 1.01. The van der Waals surface area contributed by atoms with Crippen LogP contribution in [0.25, 0.3) is 0 Å². The van der Waals surface area contributed by atoms with E-state index in [0.717, 1.165) is 17.3 Å². The second-order valence-corrected chi connectivity index (χ2v) is 4.82. The zero-order valence-corrected chi connectivity index (χ0v) is 8.31. The molecule has 13 heavy (non-hydrogen) atoms. The van der Waals surface area contributed by atoms with Crippen LogP contribution in [0, 0.1) is 0 Å². The van der Waals surface area contributed by atoms with Crippen LogP contribution in [0.2, 0.25) is 0 Å². The maximum Gasteiger partial charge on any atom is 0.126 e. The molecule has 3 nitrogen and oxygen atoms in total. The number of hydrogen-bond donors (Lipinski definition) is 1. The Balaban J connectivity index is 2.01. The maximum absolute atomic E-state index is 6.05. The molecule has 1 aromatic rings. The van der Waals surface area contributed by atoms with Crippen molar-refractivity contribution in [3.63, 3.8) is 0 Å². The van der Waals surface area contributed by atoms with Gasteiger partial charge in [0.2, 0.25) is 0 Å². The van der Waals surface area contributed by atoms with Crippen molar-refractivity contribution in [2.24, 2.45) is 0 Å². The molecule has 0 spiro atoms. The molecule has 1 aliphatic heterocycles. The molecule has 1 aliphatic carbocycles. The third-order valence-corrected chi connectivity index (χ3v) is 4.01. The van der Waals surface area contributed by atoms with Gasteiger partial charge in [0.25, 0.3) is 0 Å². The minimum absolute atomic E-state index is 0.607. The molecule has 3 rings (SSSR count). The van der Waals surface area contributed by atoms with Crippen molar-refractivity contribution in [2.75, 3.05) is 5.73 Å². The van der Waals surface area contributed by atoms with Gasteiger partial charge >= 0.3 is 0 Å². The second-order valence-electron chi connectivity index (χ2n) is 3.83. The molecule has 0 amide bonds. The zero-order chi connectivity index (χ0) is 8.84. The molecule has 0 unspecified atom stereocenters. The summed E-state index contributed by atoms with van der Waals surface area (Å²) in [5, 5.41) is 4.58. The van der Waals surface area contributed by atoms with Crippen LogP contribution in [0.4, 0.5) is 5.82 Å². The fraction of sp³-hybridized carbons (Fsp3) is 0.667. The first-order chi connectivity index (χ1) is 6.36. The highest BCUT2D eigenvalue weighted by molar-refractivity contribution is 7.98. The van der Waals surface area contributed by atoms with Crippen LogP contribution in [0.5, 0.6) is 0 Å². The van der Waals surface area contributed by atoms with E-state index in [2.05, 4.69) is 9.78 Å². The number of aromatic nitrogens is 2. The van der Waals surface area contributed by atoms with Gasteiger partial charge < -0.3 is 5.73 Å². The smallest absolute Gasteiger partial charge is 0.126 e. The number of nitrogens with two attached hydrogens (primary N) is 1. The Kier molecular flexibility index (Phi) is 1.59. The molecular weight excluding hydrogens is 182 g/mol. The Morgan fingerprint density at radius 1 is 1.38 bits per heavy atom. The van der Waals surface area contributed by atoms with E-state index in [1.54, 1.807) is 0 Å². The van der Waals surface area contributed by atoms with Crippen LogP contribution in [0.1, 0.15) is 36.6 Å². The minimum Gasteiger partial charge on any atom is -0.384 e. The summed E-state index contributed by atoms with van der Waals surface area (Å²) in [6, 6.07) is 0.607. The van der Waals surface area contributed by atoms with E-state index < -0.39 is 0 Å². The molecule has 2 N–H and O–H groups in total. The highest BCUT2D eigenvalue weighted by Crippen LogP contribution is 2.39. The Hall–Kier alpha value is -0.640. The molecule has 0 aromatic carbocycles. The Labute approximate surface area is 81.7 Å². The van der Waals surface area contributed by atoms with Crippen LogP contribution in [0.3, 0.4) is 0 Å². The highest BCUT2D eigenvalue weighted by atomic mass is 32.2. The highest BCUT2D eigenvalue weighted by Gasteiger charge is 2.27. The maximum atomic E-state index is 6.05. The van der Waals surface area contributed by atoms with Crippen molar-refractivity contribution in [1.29, 1.82) is 0 Å². The summed E-state index contributed by atoms with van der Waals surface area (Å²) in [5.74, 6) is 3.05. The van der Waals surface area contributed by atoms with Crippen molar-refractivity contribution in [3.05, 3.63) is 11.3 Å². The topological polar surface area (TPSA) is 43.8 Å². The van der Waals surface area contributed by atoms with Crippen LogP contribution in [-0.4, -0.2) is 9.78 Å². The second kappa shape index (κ2) is 2.67. The quantitative estimate of drug-likeness (QED) is 0.744. The molecule has 70 valence electrons. The van der Waals surface area contributed by atoms with Gasteiger partial charge in [0, 0.05) is 17.1 Å². The first-order valence-electron chi connectivity index (χ1n) is 4.80. The van der Waals surface area contributed by atoms with Crippen molar-refractivity contribution >= 4 is 17.6 Å². The third-order valence-electron chi connectivity index (χ3n) is 3.04. The molecule has 0 bridgehead atoms. The number of nitrogen functional groups attached to an aromatic ring is 1. The van der Waals surface area contributed by atoms with Crippen molar-refractivity contribution in [2.45, 2.75) is 36.8 Å². The van der Waals surface area contributed by atoms with Gasteiger partial charge in [-0.15, -0.1) is 0 Å². The summed E-state index contributed by atoms with van der Waals surface area (Å²) in [6.07, 6.45) is 3.86. The van der Waals surface area contributed by atoms with E-state index in [-0.39, 0.29) is 0 Å². The number of rotatable bonds is 1. The number of anilines is 1. The number of nitrogens with zero attached hydrogens (tertiary/aromatic N) is 2. The van der Waals surface area contributed by atoms with Crippen LogP contribution >= 0.6 is 11.8 Å². The van der Waals surface area contributed by atoms with Gasteiger partial charge in [-0.25, -0.2) is 4.68 Å². The molecule has 2 aliphatic rings. The lowest BCUT2D eigenvalue weighted by molar-refractivity contribution is 0.292. The standard InChI is InChI=1S/C9H13N3S/c10-9-7-4-13-5-8(7)11-12(9)6-2-1-3-6/h6H,1-5,10H2. The van der Waals surface area contributed by atoms with E-state index >= 15 is 0 Å². The summed E-state index contributed by atoms with van der Waals surface area (Å²) < 4.78 is 2.06. The average molecular weight is 195 g/mol. The fourth-order valence-electron chi connectivity index (χ4n) is 1.96. The predicted octanol–water partition coefficient (Wildman–Crippen LogP) is 1.94. The fourth-order valence-corrected chi connectivity index (χ4v) is 3.01. The van der Waals surface area contributed by atoms with Gasteiger partial charge in [-0.2, -0.15) is 16.9 Å². The monoisotopic (exact) mass is 195 g/mol. The normalized spacial score (nSPS) is 21.5. The van der Waals surface area contributed by atoms with Crippen molar-refractivity contribution in [3.8, 4) is 0 Å². The number of thioether (sulfide) groups is 1. The van der Waals surface area contributed by atoms with E-state index in [0.29, 0.717) is 6.04 Å². The first kappa shape index (κ1) is 7.74. The molecule has 0 saturated heterocycles. The number of hydrogen-bond acceptors (Lipinski definition) is 3. The number of fused-ring (bicyclic) bond motifs is 1. The summed E-state index contributed by atoms with van der Waals surface area (Å²) in [7, 11) is 0. The van der Waals surface area contributed by atoms with Crippen LogP contribution in [0.15, 0.2) is 0 Å². The molecule has 0 radical (unpaired) electrons. The zero-order valence-electron chi connectivity index (χ0n) is 7.49. The van der Waals surface area contributed by atoms with E-state index in [1.807, 2.05) is 11.8 Å². The first-order valence-corrected chi connectivity index (χ1v) is 5.95. The lowest BCUT2D eigenvalue weighted by Gasteiger charge is -2.26. The summed E-state index contributed by atoms with van der Waals surface area (Å²) >= 11 is 1.91. The molecule has 4 heteroatoms.